The summed E-state index contributed by atoms with van der Waals surface area (Å²) in [6.45, 7) is 3.27. The van der Waals surface area contributed by atoms with E-state index in [1.54, 1.807) is 36.3 Å². The van der Waals surface area contributed by atoms with Gasteiger partial charge in [0.25, 0.3) is 5.91 Å². The Morgan fingerprint density at radius 3 is 2.19 bits per heavy atom. The number of ether oxygens (including phenoxy) is 2. The Bertz CT molecular complexity index is 1460. The molecule has 7 nitrogen and oxygen atoms in total. The highest BCUT2D eigenvalue weighted by Crippen LogP contribution is 2.29. The molecular weight excluding hydrogens is 550 g/mol. The average Bonchev–Trinajstić information content (AvgIpc) is 3.03. The van der Waals surface area contributed by atoms with Gasteiger partial charge in [-0.15, -0.1) is 0 Å². The first-order chi connectivity index (χ1) is 20.5. The number of carbonyl (C=O) groups is 2. The number of methoxy groups -OCH3 is 1. The molecule has 0 aliphatic carbocycles. The van der Waals surface area contributed by atoms with Gasteiger partial charge in [-0.3, -0.25) is 9.59 Å². The van der Waals surface area contributed by atoms with Gasteiger partial charge < -0.3 is 24.6 Å². The normalized spacial score (nSPS) is 13.7. The van der Waals surface area contributed by atoms with E-state index >= 15 is 0 Å². The third kappa shape index (κ3) is 7.49. The molecule has 4 aromatic rings. The van der Waals surface area contributed by atoms with Gasteiger partial charge in [-0.1, -0.05) is 66.2 Å². The van der Waals surface area contributed by atoms with Crippen molar-refractivity contribution >= 4 is 34.8 Å². The second-order valence-corrected chi connectivity index (χ2v) is 10.6. The monoisotopic (exact) mass is 583 g/mol. The number of morpholine rings is 1. The molecule has 0 aromatic heterocycles. The van der Waals surface area contributed by atoms with E-state index in [0.29, 0.717) is 35.2 Å². The third-order valence-electron chi connectivity index (χ3n) is 7.29. The first kappa shape index (κ1) is 29.2. The van der Waals surface area contributed by atoms with Crippen LogP contribution in [0.5, 0.6) is 5.75 Å². The molecule has 8 heteroatoms. The summed E-state index contributed by atoms with van der Waals surface area (Å²) in [5.74, 6) is 0.181. The molecule has 0 saturated carbocycles. The standard InChI is InChI=1S/C34H34ClN3O4/c1-41-31-17-9-27(10-18-31)33(34(40)36-29-13-15-30(16-14-29)37-19-21-42-22-20-37)38(24-26-7-11-28(35)12-8-26)32(39)23-25-5-3-2-4-6-25/h2-18,33H,19-24H2,1H3,(H,36,40). The molecule has 1 aliphatic heterocycles. The van der Waals surface area contributed by atoms with Crippen molar-refractivity contribution in [3.63, 3.8) is 0 Å². The van der Waals surface area contributed by atoms with E-state index in [1.807, 2.05) is 78.9 Å². The highest BCUT2D eigenvalue weighted by molar-refractivity contribution is 6.30. The van der Waals surface area contributed by atoms with E-state index in [9.17, 15) is 9.59 Å². The fourth-order valence-electron chi connectivity index (χ4n) is 5.03. The van der Waals surface area contributed by atoms with E-state index < -0.39 is 6.04 Å². The lowest BCUT2D eigenvalue weighted by Crippen LogP contribution is -2.41. The topological polar surface area (TPSA) is 71.1 Å². The van der Waals surface area contributed by atoms with Crippen molar-refractivity contribution in [3.05, 3.63) is 125 Å². The minimum Gasteiger partial charge on any atom is -0.497 e. The number of nitrogens with one attached hydrogen (secondary N) is 1. The van der Waals surface area contributed by atoms with Crippen molar-refractivity contribution in [3.8, 4) is 5.75 Å². The van der Waals surface area contributed by atoms with Gasteiger partial charge in [0.15, 0.2) is 0 Å². The molecule has 1 unspecified atom stereocenters. The minimum absolute atomic E-state index is 0.155. The molecule has 1 atom stereocenters. The van der Waals surface area contributed by atoms with Crippen molar-refractivity contribution in [2.24, 2.45) is 0 Å². The van der Waals surface area contributed by atoms with Crippen LogP contribution in [0.25, 0.3) is 0 Å². The van der Waals surface area contributed by atoms with E-state index in [-0.39, 0.29) is 24.8 Å². The first-order valence-electron chi connectivity index (χ1n) is 14.0. The molecule has 1 saturated heterocycles. The van der Waals surface area contributed by atoms with Crippen LogP contribution in [0.15, 0.2) is 103 Å². The van der Waals surface area contributed by atoms with Crippen LogP contribution in [0.2, 0.25) is 5.02 Å². The van der Waals surface area contributed by atoms with Crippen LogP contribution in [0.4, 0.5) is 11.4 Å². The molecule has 4 aromatic carbocycles. The van der Waals surface area contributed by atoms with Gasteiger partial charge in [0.05, 0.1) is 26.7 Å². The van der Waals surface area contributed by atoms with Crippen molar-refractivity contribution < 1.29 is 19.1 Å². The third-order valence-corrected chi connectivity index (χ3v) is 7.54. The summed E-state index contributed by atoms with van der Waals surface area (Å²) < 4.78 is 10.8. The zero-order valence-electron chi connectivity index (χ0n) is 23.5. The summed E-state index contributed by atoms with van der Waals surface area (Å²) in [4.78, 5) is 32.0. The Kier molecular flexibility index (Phi) is 9.74. The smallest absolute Gasteiger partial charge is 0.251 e. The number of hydrogen-bond donors (Lipinski definition) is 1. The predicted molar refractivity (Wildman–Crippen MR) is 166 cm³/mol. The quantitative estimate of drug-likeness (QED) is 0.243. The summed E-state index contributed by atoms with van der Waals surface area (Å²) in [6, 6.07) is 31.0. The first-order valence-corrected chi connectivity index (χ1v) is 14.3. The lowest BCUT2D eigenvalue weighted by Gasteiger charge is -2.32. The van der Waals surface area contributed by atoms with Crippen LogP contribution < -0.4 is 15.0 Å². The van der Waals surface area contributed by atoms with Crippen molar-refractivity contribution in [1.29, 1.82) is 0 Å². The van der Waals surface area contributed by atoms with Gasteiger partial charge in [-0.05, 0) is 65.2 Å². The van der Waals surface area contributed by atoms with Crippen LogP contribution in [0.3, 0.4) is 0 Å². The summed E-state index contributed by atoms with van der Waals surface area (Å²) in [5, 5.41) is 3.67. The number of carbonyl (C=O) groups excluding carboxylic acids is 2. The zero-order chi connectivity index (χ0) is 29.3. The van der Waals surface area contributed by atoms with Crippen molar-refractivity contribution in [2.45, 2.75) is 19.0 Å². The molecule has 1 N–H and O–H groups in total. The zero-order valence-corrected chi connectivity index (χ0v) is 24.3. The second-order valence-electron chi connectivity index (χ2n) is 10.1. The lowest BCUT2D eigenvalue weighted by atomic mass is 10.0. The maximum atomic E-state index is 14.1. The number of benzene rings is 4. The van der Waals surface area contributed by atoms with Crippen LogP contribution in [-0.2, 0) is 27.3 Å². The number of nitrogens with zero attached hydrogens (tertiary/aromatic N) is 2. The molecule has 0 radical (unpaired) electrons. The fraction of sp³-hybridized carbons (Fsp3) is 0.235. The van der Waals surface area contributed by atoms with Crippen LogP contribution in [0, 0.1) is 0 Å². The number of rotatable bonds is 10. The molecule has 1 fully saturated rings. The molecule has 1 heterocycles. The van der Waals surface area contributed by atoms with Crippen LogP contribution in [-0.4, -0.2) is 50.1 Å². The predicted octanol–water partition coefficient (Wildman–Crippen LogP) is 6.14. The Labute approximate surface area is 251 Å². The highest BCUT2D eigenvalue weighted by Gasteiger charge is 2.32. The minimum atomic E-state index is -0.901. The largest absolute Gasteiger partial charge is 0.497 e. The Hall–Kier alpha value is -4.33. The SMILES string of the molecule is COc1ccc(C(C(=O)Nc2ccc(N3CCOCC3)cc2)N(Cc2ccc(Cl)cc2)C(=O)Cc2ccccc2)cc1. The Morgan fingerprint density at radius 1 is 0.881 bits per heavy atom. The van der Waals surface area contributed by atoms with E-state index in [0.717, 1.165) is 29.9 Å². The molecule has 42 heavy (non-hydrogen) atoms. The van der Waals surface area contributed by atoms with E-state index in [4.69, 9.17) is 21.1 Å². The number of hydrogen-bond acceptors (Lipinski definition) is 5. The van der Waals surface area contributed by atoms with Crippen molar-refractivity contribution in [1.82, 2.24) is 4.90 Å². The summed E-state index contributed by atoms with van der Waals surface area (Å²) >= 11 is 6.14. The molecule has 1 aliphatic rings. The highest BCUT2D eigenvalue weighted by atomic mass is 35.5. The van der Waals surface area contributed by atoms with Gasteiger partial charge >= 0.3 is 0 Å². The molecule has 0 bridgehead atoms. The number of halogens is 1. The van der Waals surface area contributed by atoms with E-state index in [2.05, 4.69) is 10.2 Å². The van der Waals surface area contributed by atoms with Gasteiger partial charge in [-0.25, -0.2) is 0 Å². The molecule has 2 amide bonds. The Balaban J connectivity index is 1.46. The second kappa shape index (κ2) is 14.0. The average molecular weight is 584 g/mol. The molecule has 216 valence electrons. The fourth-order valence-corrected chi connectivity index (χ4v) is 5.15. The van der Waals surface area contributed by atoms with Crippen LogP contribution >= 0.6 is 11.6 Å². The Morgan fingerprint density at radius 2 is 1.55 bits per heavy atom. The summed E-state index contributed by atoms with van der Waals surface area (Å²) in [6.07, 6.45) is 0.155. The van der Waals surface area contributed by atoms with Gasteiger partial charge in [-0.2, -0.15) is 0 Å². The number of amides is 2. The number of anilines is 2. The van der Waals surface area contributed by atoms with Gasteiger partial charge in [0.1, 0.15) is 11.8 Å². The van der Waals surface area contributed by atoms with Gasteiger partial charge in [0, 0.05) is 36.0 Å². The molecule has 5 rings (SSSR count). The lowest BCUT2D eigenvalue weighted by molar-refractivity contribution is -0.139. The van der Waals surface area contributed by atoms with Crippen molar-refractivity contribution in [2.75, 3.05) is 43.6 Å². The molecular formula is C34H34ClN3O4. The summed E-state index contributed by atoms with van der Waals surface area (Å²) in [7, 11) is 1.59. The molecule has 0 spiro atoms. The maximum Gasteiger partial charge on any atom is 0.251 e. The van der Waals surface area contributed by atoms with Gasteiger partial charge in [0.2, 0.25) is 5.91 Å². The maximum absolute atomic E-state index is 14.1. The van der Waals surface area contributed by atoms with Crippen LogP contribution in [0.1, 0.15) is 22.7 Å². The summed E-state index contributed by atoms with van der Waals surface area (Å²) in [5.41, 5.74) is 4.13. The van der Waals surface area contributed by atoms with E-state index in [1.165, 1.54) is 0 Å².